The van der Waals surface area contributed by atoms with Gasteiger partial charge in [-0.15, -0.1) is 0 Å². The highest BCUT2D eigenvalue weighted by molar-refractivity contribution is 7.89. The van der Waals surface area contributed by atoms with Crippen LogP contribution in [-0.2, 0) is 15.6 Å². The first-order valence-corrected chi connectivity index (χ1v) is 7.53. The largest absolute Gasteiger partial charge is 0.497 e. The Kier molecular flexibility index (Phi) is 3.48. The van der Waals surface area contributed by atoms with Crippen molar-refractivity contribution in [2.75, 3.05) is 19.1 Å². The summed E-state index contributed by atoms with van der Waals surface area (Å²) >= 11 is 0. The second-order valence-electron chi connectivity index (χ2n) is 4.17. The molecule has 0 amide bonds. The van der Waals surface area contributed by atoms with Gasteiger partial charge in [-0.2, -0.15) is 0 Å². The summed E-state index contributed by atoms with van der Waals surface area (Å²) in [4.78, 5) is 0. The number of benzene rings is 1. The summed E-state index contributed by atoms with van der Waals surface area (Å²) in [7, 11) is -1.68. The number of hydrogen-bond donors (Lipinski definition) is 1. The summed E-state index contributed by atoms with van der Waals surface area (Å²) in [5, 5.41) is 3.63. The quantitative estimate of drug-likeness (QED) is 0.912. The van der Waals surface area contributed by atoms with Crippen LogP contribution in [0.5, 0.6) is 5.75 Å². The first-order valence-electron chi connectivity index (χ1n) is 5.47. The van der Waals surface area contributed by atoms with Gasteiger partial charge in [0.1, 0.15) is 11.5 Å². The number of nitrogen functional groups attached to an aromatic ring is 1. The highest BCUT2D eigenvalue weighted by Crippen LogP contribution is 2.32. The average molecular weight is 282 g/mol. The minimum absolute atomic E-state index is 0.159. The van der Waals surface area contributed by atoms with E-state index in [2.05, 4.69) is 5.16 Å². The molecular formula is C12H14N2O4S. The molecule has 7 heteroatoms. The van der Waals surface area contributed by atoms with Gasteiger partial charge in [-0.1, -0.05) is 17.3 Å². The number of nitrogens with zero attached hydrogens (tertiary/aromatic N) is 1. The fraction of sp³-hybridized carbons (Fsp3) is 0.250. The zero-order chi connectivity index (χ0) is 14.0. The van der Waals surface area contributed by atoms with Crippen LogP contribution >= 0.6 is 0 Å². The van der Waals surface area contributed by atoms with Crippen molar-refractivity contribution in [2.45, 2.75) is 5.75 Å². The monoisotopic (exact) mass is 282 g/mol. The number of ether oxygens (including phenoxy) is 1. The van der Waals surface area contributed by atoms with E-state index in [1.54, 1.807) is 31.4 Å². The molecule has 0 aliphatic rings. The summed E-state index contributed by atoms with van der Waals surface area (Å²) in [5.41, 5.74) is 6.94. The normalized spacial score (nSPS) is 11.5. The summed E-state index contributed by atoms with van der Waals surface area (Å²) in [6.45, 7) is 0. The summed E-state index contributed by atoms with van der Waals surface area (Å²) in [6.07, 6.45) is 1.13. The third-order valence-corrected chi connectivity index (χ3v) is 3.33. The molecule has 6 nitrogen and oxygen atoms in total. The van der Waals surface area contributed by atoms with Gasteiger partial charge in [0.05, 0.1) is 12.7 Å². The lowest BCUT2D eigenvalue weighted by Gasteiger charge is -2.04. The predicted octanol–water partition coefficient (Wildman–Crippen LogP) is 1.48. The molecule has 2 rings (SSSR count). The first-order chi connectivity index (χ1) is 8.90. The van der Waals surface area contributed by atoms with Crippen LogP contribution in [0, 0.1) is 0 Å². The van der Waals surface area contributed by atoms with Crippen molar-refractivity contribution in [3.8, 4) is 16.9 Å². The summed E-state index contributed by atoms with van der Waals surface area (Å²) < 4.78 is 32.9. The molecule has 0 saturated carbocycles. The van der Waals surface area contributed by atoms with Gasteiger partial charge in [-0.05, 0) is 17.7 Å². The topological polar surface area (TPSA) is 95.4 Å². The number of anilines is 1. The maximum absolute atomic E-state index is 11.4. The highest BCUT2D eigenvalue weighted by atomic mass is 32.2. The molecule has 0 atom stereocenters. The number of nitrogens with two attached hydrogens (primary N) is 1. The van der Waals surface area contributed by atoms with Gasteiger partial charge in [-0.25, -0.2) is 8.42 Å². The zero-order valence-electron chi connectivity index (χ0n) is 10.6. The van der Waals surface area contributed by atoms with E-state index in [0.717, 1.165) is 6.26 Å². The van der Waals surface area contributed by atoms with Gasteiger partial charge in [0.25, 0.3) is 0 Å². The Bertz CT molecular complexity index is 692. The molecule has 1 aromatic heterocycles. The van der Waals surface area contributed by atoms with Crippen molar-refractivity contribution in [2.24, 2.45) is 0 Å². The zero-order valence-corrected chi connectivity index (χ0v) is 11.4. The molecular weight excluding hydrogens is 268 g/mol. The third-order valence-electron chi connectivity index (χ3n) is 2.54. The molecule has 0 fully saturated rings. The highest BCUT2D eigenvalue weighted by Gasteiger charge is 2.19. The SMILES string of the molecule is COc1cccc(-c2c(N)noc2CS(C)(=O)=O)c1. The van der Waals surface area contributed by atoms with Crippen LogP contribution in [0.25, 0.3) is 11.1 Å². The van der Waals surface area contributed by atoms with Crippen molar-refractivity contribution in [1.82, 2.24) is 5.16 Å². The minimum atomic E-state index is -3.23. The molecule has 2 N–H and O–H groups in total. The average Bonchev–Trinajstić information content (AvgIpc) is 2.68. The Balaban J connectivity index is 2.52. The fourth-order valence-corrected chi connectivity index (χ4v) is 2.44. The summed E-state index contributed by atoms with van der Waals surface area (Å²) in [6, 6.07) is 7.10. The van der Waals surface area contributed by atoms with Crippen LogP contribution in [-0.4, -0.2) is 26.9 Å². The Morgan fingerprint density at radius 1 is 1.42 bits per heavy atom. The third kappa shape index (κ3) is 3.05. The lowest BCUT2D eigenvalue weighted by Crippen LogP contribution is -2.01. The minimum Gasteiger partial charge on any atom is -0.497 e. The molecule has 1 aromatic carbocycles. The van der Waals surface area contributed by atoms with Gasteiger partial charge < -0.3 is 15.0 Å². The standard InChI is InChI=1S/C12H14N2O4S/c1-17-9-5-3-4-8(6-9)11-10(7-19(2,15)16)18-14-12(11)13/h3-6H,7H2,1-2H3,(H2,13,14). The van der Waals surface area contributed by atoms with E-state index < -0.39 is 9.84 Å². The van der Waals surface area contributed by atoms with Crippen LogP contribution in [0.2, 0.25) is 0 Å². The van der Waals surface area contributed by atoms with Gasteiger partial charge >= 0.3 is 0 Å². The molecule has 0 radical (unpaired) electrons. The Morgan fingerprint density at radius 2 is 2.16 bits per heavy atom. The van der Waals surface area contributed by atoms with E-state index in [0.29, 0.717) is 16.9 Å². The van der Waals surface area contributed by atoms with Gasteiger partial charge in [-0.3, -0.25) is 0 Å². The molecule has 0 spiro atoms. The van der Waals surface area contributed by atoms with Gasteiger partial charge in [0, 0.05) is 6.26 Å². The maximum Gasteiger partial charge on any atom is 0.175 e. The van der Waals surface area contributed by atoms with E-state index in [1.807, 2.05) is 0 Å². The smallest absolute Gasteiger partial charge is 0.175 e. The van der Waals surface area contributed by atoms with Crippen molar-refractivity contribution in [1.29, 1.82) is 0 Å². The van der Waals surface area contributed by atoms with E-state index in [1.165, 1.54) is 0 Å². The van der Waals surface area contributed by atoms with E-state index in [-0.39, 0.29) is 17.3 Å². The van der Waals surface area contributed by atoms with Crippen molar-refractivity contribution < 1.29 is 17.7 Å². The molecule has 2 aromatic rings. The van der Waals surface area contributed by atoms with Crippen molar-refractivity contribution in [3.05, 3.63) is 30.0 Å². The summed E-state index contributed by atoms with van der Waals surface area (Å²) in [5.74, 6) is 0.785. The lowest BCUT2D eigenvalue weighted by atomic mass is 10.1. The fourth-order valence-electron chi connectivity index (χ4n) is 1.76. The number of rotatable bonds is 4. The maximum atomic E-state index is 11.4. The first kappa shape index (κ1) is 13.4. The number of sulfone groups is 1. The lowest BCUT2D eigenvalue weighted by molar-refractivity contribution is 0.396. The molecule has 102 valence electrons. The second kappa shape index (κ2) is 4.93. The van der Waals surface area contributed by atoms with Crippen LogP contribution in [0.15, 0.2) is 28.8 Å². The van der Waals surface area contributed by atoms with E-state index >= 15 is 0 Å². The van der Waals surface area contributed by atoms with E-state index in [9.17, 15) is 8.42 Å². The van der Waals surface area contributed by atoms with Crippen LogP contribution in [0.4, 0.5) is 5.82 Å². The molecule has 19 heavy (non-hydrogen) atoms. The Hall–Kier alpha value is -2.02. The number of hydrogen-bond acceptors (Lipinski definition) is 6. The Morgan fingerprint density at radius 3 is 2.79 bits per heavy atom. The molecule has 0 aliphatic heterocycles. The molecule has 0 bridgehead atoms. The van der Waals surface area contributed by atoms with Gasteiger partial charge in [0.2, 0.25) is 0 Å². The van der Waals surface area contributed by atoms with Gasteiger partial charge in [0.15, 0.2) is 21.4 Å². The van der Waals surface area contributed by atoms with Crippen LogP contribution in [0.1, 0.15) is 5.76 Å². The molecule has 1 heterocycles. The number of methoxy groups -OCH3 is 1. The number of aromatic nitrogens is 1. The predicted molar refractivity (Wildman–Crippen MR) is 71.5 cm³/mol. The van der Waals surface area contributed by atoms with Crippen molar-refractivity contribution in [3.63, 3.8) is 0 Å². The van der Waals surface area contributed by atoms with Crippen molar-refractivity contribution >= 4 is 15.7 Å². The molecule has 0 unspecified atom stereocenters. The van der Waals surface area contributed by atoms with Crippen LogP contribution < -0.4 is 10.5 Å². The Labute approximate surface area is 111 Å². The van der Waals surface area contributed by atoms with Crippen LogP contribution in [0.3, 0.4) is 0 Å². The second-order valence-corrected chi connectivity index (χ2v) is 6.31. The molecule has 0 aliphatic carbocycles. The van der Waals surface area contributed by atoms with E-state index in [4.69, 9.17) is 15.0 Å². The molecule has 0 saturated heterocycles.